The molecule has 1 atom stereocenters. The lowest BCUT2D eigenvalue weighted by molar-refractivity contribution is 0.282. The minimum atomic E-state index is 0.269. The lowest BCUT2D eigenvalue weighted by Gasteiger charge is -2.31. The zero-order valence-corrected chi connectivity index (χ0v) is 8.96. The SMILES string of the molecule is CC1=CC=C2CN(C(C)(C)C)[B]C12. The van der Waals surface area contributed by atoms with Gasteiger partial charge >= 0.3 is 0 Å². The molecule has 2 heteroatoms. The summed E-state index contributed by atoms with van der Waals surface area (Å²) in [7, 11) is 2.38. The van der Waals surface area contributed by atoms with Crippen LogP contribution in [-0.4, -0.2) is 24.3 Å². The van der Waals surface area contributed by atoms with Crippen LogP contribution in [0.2, 0.25) is 5.82 Å². The topological polar surface area (TPSA) is 3.24 Å². The second-order valence-electron chi connectivity index (χ2n) is 5.08. The molecule has 0 amide bonds. The molecule has 0 N–H and O–H groups in total. The van der Waals surface area contributed by atoms with Crippen LogP contribution in [-0.2, 0) is 0 Å². The lowest BCUT2D eigenvalue weighted by Crippen LogP contribution is -2.41. The normalized spacial score (nSPS) is 28.2. The van der Waals surface area contributed by atoms with E-state index >= 15 is 0 Å². The van der Waals surface area contributed by atoms with Crippen molar-refractivity contribution in [1.29, 1.82) is 0 Å². The van der Waals surface area contributed by atoms with Gasteiger partial charge in [0.1, 0.15) is 0 Å². The third kappa shape index (κ3) is 1.48. The number of fused-ring (bicyclic) bond motifs is 1. The summed E-state index contributed by atoms with van der Waals surface area (Å²) in [5.74, 6) is 0.610. The molecule has 0 bridgehead atoms. The van der Waals surface area contributed by atoms with Gasteiger partial charge in [0.05, 0.1) is 0 Å². The molecular formula is C11H17BN. The Hall–Kier alpha value is -0.495. The molecule has 2 aliphatic rings. The summed E-state index contributed by atoms with van der Waals surface area (Å²) < 4.78 is 0. The molecule has 0 saturated carbocycles. The van der Waals surface area contributed by atoms with E-state index in [0.29, 0.717) is 5.82 Å². The van der Waals surface area contributed by atoms with Crippen LogP contribution >= 0.6 is 0 Å². The van der Waals surface area contributed by atoms with Gasteiger partial charge in [0.15, 0.2) is 0 Å². The van der Waals surface area contributed by atoms with Gasteiger partial charge in [-0.1, -0.05) is 23.3 Å². The fourth-order valence-corrected chi connectivity index (χ4v) is 1.99. The highest BCUT2D eigenvalue weighted by Crippen LogP contribution is 2.39. The number of allylic oxidation sites excluding steroid dienone is 3. The van der Waals surface area contributed by atoms with E-state index in [4.69, 9.17) is 0 Å². The van der Waals surface area contributed by atoms with Crippen LogP contribution in [0.15, 0.2) is 23.3 Å². The lowest BCUT2D eigenvalue weighted by atomic mass is 9.71. The van der Waals surface area contributed by atoms with Crippen molar-refractivity contribution in [3.05, 3.63) is 23.3 Å². The van der Waals surface area contributed by atoms with Crippen LogP contribution in [0.5, 0.6) is 0 Å². The summed E-state index contributed by atoms with van der Waals surface area (Å²) in [5.41, 5.74) is 3.32. The van der Waals surface area contributed by atoms with E-state index < -0.39 is 0 Å². The van der Waals surface area contributed by atoms with E-state index in [-0.39, 0.29) is 5.54 Å². The molecule has 0 aromatic carbocycles. The molecule has 1 aliphatic carbocycles. The number of rotatable bonds is 0. The third-order valence-corrected chi connectivity index (χ3v) is 2.99. The van der Waals surface area contributed by atoms with Gasteiger partial charge in [0, 0.05) is 12.1 Å². The third-order valence-electron chi connectivity index (χ3n) is 2.99. The smallest absolute Gasteiger partial charge is 0.221 e. The van der Waals surface area contributed by atoms with Gasteiger partial charge in [0.25, 0.3) is 0 Å². The second-order valence-corrected chi connectivity index (χ2v) is 5.08. The van der Waals surface area contributed by atoms with Gasteiger partial charge in [-0.25, -0.2) is 0 Å². The van der Waals surface area contributed by atoms with E-state index in [0.717, 1.165) is 6.54 Å². The van der Waals surface area contributed by atoms with Crippen molar-refractivity contribution in [2.75, 3.05) is 6.54 Å². The first kappa shape index (κ1) is 9.08. The average molecular weight is 174 g/mol. The number of hydrogen-bond acceptors (Lipinski definition) is 1. The van der Waals surface area contributed by atoms with Crippen LogP contribution < -0.4 is 0 Å². The summed E-state index contributed by atoms with van der Waals surface area (Å²) in [6.07, 6.45) is 4.53. The Morgan fingerprint density at radius 2 is 2.08 bits per heavy atom. The highest BCUT2D eigenvalue weighted by Gasteiger charge is 2.36. The van der Waals surface area contributed by atoms with Crippen molar-refractivity contribution >= 4 is 7.41 Å². The van der Waals surface area contributed by atoms with Crippen LogP contribution in [0.3, 0.4) is 0 Å². The van der Waals surface area contributed by atoms with Crippen molar-refractivity contribution in [3.63, 3.8) is 0 Å². The Morgan fingerprint density at radius 1 is 1.38 bits per heavy atom. The summed E-state index contributed by atoms with van der Waals surface area (Å²) in [6, 6.07) is 0. The van der Waals surface area contributed by atoms with Crippen molar-refractivity contribution in [3.8, 4) is 0 Å². The Balaban J connectivity index is 2.13. The first-order valence-electron chi connectivity index (χ1n) is 4.97. The van der Waals surface area contributed by atoms with Crippen molar-refractivity contribution in [2.45, 2.75) is 39.1 Å². The largest absolute Gasteiger partial charge is 0.338 e. The predicted octanol–water partition coefficient (Wildman–Crippen LogP) is 2.39. The zero-order chi connectivity index (χ0) is 9.64. The minimum Gasteiger partial charge on any atom is -0.338 e. The van der Waals surface area contributed by atoms with Crippen molar-refractivity contribution in [1.82, 2.24) is 4.81 Å². The summed E-state index contributed by atoms with van der Waals surface area (Å²) in [6.45, 7) is 10.1. The Labute approximate surface area is 81.8 Å². The van der Waals surface area contributed by atoms with Crippen LogP contribution in [0.1, 0.15) is 27.7 Å². The second kappa shape index (κ2) is 2.75. The van der Waals surface area contributed by atoms with Gasteiger partial charge in [0.2, 0.25) is 7.41 Å². The molecule has 1 unspecified atom stereocenters. The number of nitrogens with zero attached hydrogens (tertiary/aromatic N) is 1. The maximum absolute atomic E-state index is 2.44. The standard InChI is InChI=1S/C11H17BN/c1-8-5-6-9-7-13(11(2,3)4)12-10(8)9/h5-6,10H,7H2,1-4H3. The van der Waals surface area contributed by atoms with Gasteiger partial charge in [-0.15, -0.1) is 0 Å². The minimum absolute atomic E-state index is 0.269. The van der Waals surface area contributed by atoms with E-state index in [1.807, 2.05) is 0 Å². The van der Waals surface area contributed by atoms with Crippen LogP contribution in [0.4, 0.5) is 0 Å². The number of hydrogen-bond donors (Lipinski definition) is 0. The van der Waals surface area contributed by atoms with E-state index in [1.165, 1.54) is 5.57 Å². The van der Waals surface area contributed by atoms with E-state index in [2.05, 4.69) is 52.1 Å². The molecule has 69 valence electrons. The molecule has 1 heterocycles. The summed E-state index contributed by atoms with van der Waals surface area (Å²) >= 11 is 0. The maximum Gasteiger partial charge on any atom is 0.221 e. The molecule has 1 radical (unpaired) electrons. The highest BCUT2D eigenvalue weighted by molar-refractivity contribution is 6.39. The monoisotopic (exact) mass is 174 g/mol. The van der Waals surface area contributed by atoms with Gasteiger partial charge < -0.3 is 4.81 Å². The highest BCUT2D eigenvalue weighted by atomic mass is 15.1. The first-order chi connectivity index (χ1) is 5.98. The fraction of sp³-hybridized carbons (Fsp3) is 0.636. The Kier molecular flexibility index (Phi) is 1.92. The molecule has 13 heavy (non-hydrogen) atoms. The zero-order valence-electron chi connectivity index (χ0n) is 8.96. The van der Waals surface area contributed by atoms with Crippen molar-refractivity contribution in [2.24, 2.45) is 0 Å². The molecular weight excluding hydrogens is 157 g/mol. The average Bonchev–Trinajstić information content (AvgIpc) is 2.51. The molecule has 1 nitrogen and oxygen atoms in total. The first-order valence-corrected chi connectivity index (χ1v) is 4.97. The summed E-state index contributed by atoms with van der Waals surface area (Å²) in [5, 5.41) is 0. The molecule has 0 spiro atoms. The fourth-order valence-electron chi connectivity index (χ4n) is 1.99. The van der Waals surface area contributed by atoms with Crippen LogP contribution in [0, 0.1) is 0 Å². The maximum atomic E-state index is 2.44. The van der Waals surface area contributed by atoms with Gasteiger partial charge in [-0.05, 0) is 33.5 Å². The van der Waals surface area contributed by atoms with Gasteiger partial charge in [-0.2, -0.15) is 0 Å². The molecule has 0 aromatic heterocycles. The van der Waals surface area contributed by atoms with E-state index in [1.54, 1.807) is 5.57 Å². The Bertz CT molecular complexity index is 283. The quantitative estimate of drug-likeness (QED) is 0.509. The van der Waals surface area contributed by atoms with Crippen LogP contribution in [0.25, 0.3) is 0 Å². The predicted molar refractivity (Wildman–Crippen MR) is 57.8 cm³/mol. The molecule has 1 fully saturated rings. The molecule has 1 aliphatic heterocycles. The van der Waals surface area contributed by atoms with Gasteiger partial charge in [-0.3, -0.25) is 0 Å². The molecule has 1 saturated heterocycles. The Morgan fingerprint density at radius 3 is 2.62 bits per heavy atom. The molecule has 0 aromatic rings. The summed E-state index contributed by atoms with van der Waals surface area (Å²) in [4.78, 5) is 2.44. The van der Waals surface area contributed by atoms with Crippen molar-refractivity contribution < 1.29 is 0 Å². The van der Waals surface area contributed by atoms with E-state index in [9.17, 15) is 0 Å². The molecule has 2 rings (SSSR count).